The third kappa shape index (κ3) is 9.57. The Morgan fingerprint density at radius 1 is 0.529 bits per heavy atom. The van der Waals surface area contributed by atoms with Crippen molar-refractivity contribution in [3.05, 3.63) is 166 Å². The van der Waals surface area contributed by atoms with Gasteiger partial charge in [0, 0.05) is 31.1 Å². The van der Waals surface area contributed by atoms with E-state index in [1.807, 2.05) is 119 Å². The number of aromatic hydroxyl groups is 1. The van der Waals surface area contributed by atoms with Crippen LogP contribution in [0.15, 0.2) is 128 Å². The quantitative estimate of drug-likeness (QED) is 0.157. The van der Waals surface area contributed by atoms with E-state index in [4.69, 9.17) is 18.2 Å². The van der Waals surface area contributed by atoms with Crippen LogP contribution < -0.4 is 0 Å². The first kappa shape index (κ1) is 40.8. The second kappa shape index (κ2) is 18.0. The number of benzene rings is 6. The number of rotatable bonds is 9. The average Bonchev–Trinajstić information content (AvgIpc) is 3.68. The number of para-hydroxylation sites is 1. The number of nitrogens with zero attached hydrogens (tertiary/aromatic N) is 3. The molecule has 0 aliphatic carbocycles. The number of hydrogen-bond donors (Lipinski definition) is 1. The van der Waals surface area contributed by atoms with Crippen LogP contribution in [0.5, 0.6) is 5.75 Å². The first-order valence-electron chi connectivity index (χ1n) is 26.9. The van der Waals surface area contributed by atoms with E-state index in [1.54, 1.807) is 6.07 Å². The Morgan fingerprint density at radius 2 is 1.13 bits per heavy atom. The number of pyridine rings is 1. The van der Waals surface area contributed by atoms with E-state index in [9.17, 15) is 5.11 Å². The van der Waals surface area contributed by atoms with Gasteiger partial charge >= 0.3 is 0 Å². The Hall–Kier alpha value is -6.26. The second-order valence-electron chi connectivity index (χ2n) is 22.5. The molecule has 0 radical (unpaired) electrons. The summed E-state index contributed by atoms with van der Waals surface area (Å²) >= 11 is 0. The predicted molar refractivity (Wildman–Crippen MR) is 291 cm³/mol. The first-order chi connectivity index (χ1) is 34.0. The highest BCUT2D eigenvalue weighted by atomic mass is 16.3. The standard InChI is InChI=1S/C64H73N3O/c1-38(2)42-20-22-43(23-21-42)45-26-27-65-56(35-45)50-32-49(33-51(34-50)62(8,9)10)53-18-17-19-58-59(53)66-61(54-36-52(63(11,12)13)37-55(60(54)68)64(14,15)16)67(58)57-25-24-44(28-41(57)7)48-30-46(39(3)4)29-47(31-48)40(5)6/h17-40,68H,1-16H3/i7D3,38D,39D,40D. The summed E-state index contributed by atoms with van der Waals surface area (Å²) in [5.41, 5.74) is 13.3. The maximum absolute atomic E-state index is 12.6. The van der Waals surface area contributed by atoms with Gasteiger partial charge in [0.25, 0.3) is 0 Å². The van der Waals surface area contributed by atoms with E-state index in [2.05, 4.69) is 111 Å². The van der Waals surface area contributed by atoms with Crippen LogP contribution in [0.1, 0.15) is 169 Å². The molecule has 0 saturated heterocycles. The molecule has 0 amide bonds. The summed E-state index contributed by atoms with van der Waals surface area (Å²) in [5.74, 6) is -2.17. The van der Waals surface area contributed by atoms with Crippen LogP contribution in [-0.4, -0.2) is 19.6 Å². The minimum atomic E-state index is -2.61. The molecule has 0 fully saturated rings. The molecule has 2 heterocycles. The molecule has 0 aliphatic rings. The van der Waals surface area contributed by atoms with Crippen molar-refractivity contribution in [2.24, 2.45) is 0 Å². The second-order valence-corrected chi connectivity index (χ2v) is 22.5. The fraction of sp³-hybridized carbons (Fsp3) is 0.344. The van der Waals surface area contributed by atoms with Gasteiger partial charge in [0.05, 0.1) is 28.0 Å². The minimum Gasteiger partial charge on any atom is -0.507 e. The SMILES string of the molecule is [2H]C([2H])([2H])c1cc(-c2cc(C([2H])(C)C)cc(C([2H])(C)C)c2)ccc1-n1c(-c2cc(C(C)(C)C)cc(C(C)(C)C)c2O)nc2c(-c3cc(-c4cc(-c5ccc(C([2H])(C)C)cc5)ccn4)cc(C(C)(C)C)c3)cccc21. The van der Waals surface area contributed by atoms with Gasteiger partial charge in [-0.2, -0.15) is 0 Å². The fourth-order valence-corrected chi connectivity index (χ4v) is 8.98. The molecule has 350 valence electrons. The van der Waals surface area contributed by atoms with Crippen LogP contribution in [0, 0.1) is 6.85 Å². The molecule has 0 unspecified atom stereocenters. The summed E-state index contributed by atoms with van der Waals surface area (Å²) in [7, 11) is 0. The zero-order valence-electron chi connectivity index (χ0n) is 48.9. The lowest BCUT2D eigenvalue weighted by atomic mass is 9.79. The number of aryl methyl sites for hydroxylation is 1. The van der Waals surface area contributed by atoms with Crippen LogP contribution in [0.4, 0.5) is 0 Å². The van der Waals surface area contributed by atoms with Crippen LogP contribution >= 0.6 is 0 Å². The highest BCUT2D eigenvalue weighted by Crippen LogP contribution is 2.46. The number of phenols is 1. The van der Waals surface area contributed by atoms with Gasteiger partial charge in [-0.15, -0.1) is 0 Å². The number of aromatic nitrogens is 3. The van der Waals surface area contributed by atoms with Gasteiger partial charge in [0.15, 0.2) is 0 Å². The normalized spacial score (nSPS) is 14.5. The Kier molecular flexibility index (Phi) is 10.8. The number of fused-ring (bicyclic) bond motifs is 1. The van der Waals surface area contributed by atoms with Gasteiger partial charge in [0.2, 0.25) is 0 Å². The first-order valence-corrected chi connectivity index (χ1v) is 23.9. The van der Waals surface area contributed by atoms with Crippen molar-refractivity contribution >= 4 is 11.0 Å². The molecule has 1 N–H and O–H groups in total. The summed E-state index contributed by atoms with van der Waals surface area (Å²) in [6, 6.07) is 40.2. The van der Waals surface area contributed by atoms with Crippen LogP contribution in [0.25, 0.3) is 72.7 Å². The van der Waals surface area contributed by atoms with E-state index < -0.39 is 29.9 Å². The lowest BCUT2D eigenvalue weighted by Gasteiger charge is -2.27. The molecule has 0 aliphatic heterocycles. The third-order valence-corrected chi connectivity index (χ3v) is 13.3. The van der Waals surface area contributed by atoms with E-state index in [-0.39, 0.29) is 22.1 Å². The van der Waals surface area contributed by atoms with Crippen molar-refractivity contribution < 1.29 is 13.3 Å². The Morgan fingerprint density at radius 3 is 1.74 bits per heavy atom. The molecule has 0 saturated carbocycles. The van der Waals surface area contributed by atoms with Crippen molar-refractivity contribution in [2.45, 2.75) is 145 Å². The van der Waals surface area contributed by atoms with Gasteiger partial charge in [-0.3, -0.25) is 9.55 Å². The molecule has 4 heteroatoms. The number of imidazole rings is 1. The van der Waals surface area contributed by atoms with Gasteiger partial charge in [-0.1, -0.05) is 177 Å². The largest absolute Gasteiger partial charge is 0.507 e. The summed E-state index contributed by atoms with van der Waals surface area (Å²) in [6.07, 6.45) is 1.84. The zero-order chi connectivity index (χ0) is 54.5. The predicted octanol–water partition coefficient (Wildman–Crippen LogP) is 18.0. The fourth-order valence-electron chi connectivity index (χ4n) is 8.98. The molecule has 8 aromatic rings. The monoisotopic (exact) mass is 906 g/mol. The summed E-state index contributed by atoms with van der Waals surface area (Å²) in [6.45, 7) is 27.7. The minimum absolute atomic E-state index is 0.0806. The van der Waals surface area contributed by atoms with Crippen molar-refractivity contribution in [3.8, 4) is 67.5 Å². The van der Waals surface area contributed by atoms with Gasteiger partial charge < -0.3 is 5.11 Å². The van der Waals surface area contributed by atoms with Gasteiger partial charge in [-0.25, -0.2) is 4.98 Å². The average molecular weight is 906 g/mol. The van der Waals surface area contributed by atoms with Gasteiger partial charge in [-0.05, 0) is 151 Å². The van der Waals surface area contributed by atoms with E-state index in [0.29, 0.717) is 33.7 Å². The highest BCUT2D eigenvalue weighted by molar-refractivity contribution is 5.97. The molecule has 8 rings (SSSR count). The van der Waals surface area contributed by atoms with Crippen molar-refractivity contribution in [1.82, 2.24) is 14.5 Å². The highest BCUT2D eigenvalue weighted by Gasteiger charge is 2.29. The molecule has 6 aromatic carbocycles. The molecule has 68 heavy (non-hydrogen) atoms. The molecule has 0 spiro atoms. The lowest BCUT2D eigenvalue weighted by Crippen LogP contribution is -2.17. The van der Waals surface area contributed by atoms with Crippen LogP contribution in [0.3, 0.4) is 0 Å². The number of hydrogen-bond acceptors (Lipinski definition) is 3. The zero-order valence-corrected chi connectivity index (χ0v) is 42.9. The van der Waals surface area contributed by atoms with E-state index >= 15 is 0 Å². The van der Waals surface area contributed by atoms with E-state index in [1.165, 1.54) is 0 Å². The molecule has 0 bridgehead atoms. The number of phenolic OH excluding ortho intramolecular Hbond substituents is 1. The maximum Gasteiger partial charge on any atom is 0.149 e. The Balaban J connectivity index is 1.43. The maximum atomic E-state index is 12.6. The summed E-state index contributed by atoms with van der Waals surface area (Å²) < 4.78 is 55.8. The lowest BCUT2D eigenvalue weighted by molar-refractivity contribution is 0.446. The van der Waals surface area contributed by atoms with E-state index in [0.717, 1.165) is 72.5 Å². The van der Waals surface area contributed by atoms with Crippen molar-refractivity contribution in [3.63, 3.8) is 0 Å². The smallest absolute Gasteiger partial charge is 0.149 e. The molecule has 0 atom stereocenters. The topological polar surface area (TPSA) is 50.9 Å². The van der Waals surface area contributed by atoms with Crippen molar-refractivity contribution in [1.29, 1.82) is 0 Å². The molecule has 2 aromatic heterocycles. The van der Waals surface area contributed by atoms with Crippen LogP contribution in [0.2, 0.25) is 0 Å². The summed E-state index contributed by atoms with van der Waals surface area (Å²) in [5, 5.41) is 12.6. The van der Waals surface area contributed by atoms with Crippen molar-refractivity contribution in [2.75, 3.05) is 0 Å². The summed E-state index contributed by atoms with van der Waals surface area (Å²) in [4.78, 5) is 10.5. The third-order valence-electron chi connectivity index (χ3n) is 13.3. The van der Waals surface area contributed by atoms with Crippen LogP contribution in [-0.2, 0) is 16.2 Å². The Labute approximate surface area is 416 Å². The van der Waals surface area contributed by atoms with Gasteiger partial charge in [0.1, 0.15) is 11.6 Å². The molecular formula is C64H73N3O. The molecule has 4 nitrogen and oxygen atoms in total. The molecular weight excluding hydrogens is 827 g/mol. The Bertz CT molecular complexity index is 3400.